The molecule has 0 heterocycles. The van der Waals surface area contributed by atoms with E-state index < -0.39 is 0 Å². The molecule has 0 saturated heterocycles. The highest BCUT2D eigenvalue weighted by Crippen LogP contribution is 2.37. The number of unbranched alkanes of at least 4 members (excludes halogenated alkanes) is 7. The van der Waals surface area contributed by atoms with E-state index in [1.807, 2.05) is 0 Å². The van der Waals surface area contributed by atoms with E-state index in [2.05, 4.69) is 20.8 Å². The Morgan fingerprint density at radius 1 is 0.667 bits per heavy atom. The molecule has 0 aliphatic heterocycles. The largest absolute Gasteiger partial charge is 0.0654 e. The Morgan fingerprint density at radius 3 is 1.67 bits per heavy atom. The van der Waals surface area contributed by atoms with Gasteiger partial charge < -0.3 is 0 Å². The summed E-state index contributed by atoms with van der Waals surface area (Å²) >= 11 is 0. The third-order valence-corrected chi connectivity index (χ3v) is 5.83. The second-order valence-electron chi connectivity index (χ2n) is 7.83. The first kappa shape index (κ1) is 19.0. The molecule has 1 rings (SSSR count). The fourth-order valence-electron chi connectivity index (χ4n) is 4.22. The van der Waals surface area contributed by atoms with Crippen molar-refractivity contribution in [2.45, 2.75) is 117 Å². The van der Waals surface area contributed by atoms with Crippen LogP contribution in [0.3, 0.4) is 0 Å². The Kier molecular flexibility index (Phi) is 11.4. The van der Waals surface area contributed by atoms with E-state index in [0.29, 0.717) is 0 Å². The summed E-state index contributed by atoms with van der Waals surface area (Å²) in [5, 5.41) is 0. The Morgan fingerprint density at radius 2 is 1.14 bits per heavy atom. The third kappa shape index (κ3) is 8.89. The molecule has 126 valence electrons. The maximum atomic E-state index is 2.46. The lowest BCUT2D eigenvalue weighted by molar-refractivity contribution is 0.187. The van der Waals surface area contributed by atoms with Gasteiger partial charge in [0.2, 0.25) is 0 Å². The molecule has 0 aromatic carbocycles. The van der Waals surface area contributed by atoms with Crippen molar-refractivity contribution in [3.63, 3.8) is 0 Å². The van der Waals surface area contributed by atoms with Crippen molar-refractivity contribution in [2.24, 2.45) is 17.8 Å². The molecular formula is C21H42. The summed E-state index contributed by atoms with van der Waals surface area (Å²) < 4.78 is 0. The SMILES string of the molecule is CCCCCCCC(CCCCCC)C1CCC(C)CC1. The lowest BCUT2D eigenvalue weighted by Gasteiger charge is -2.33. The van der Waals surface area contributed by atoms with Crippen LogP contribution in [-0.4, -0.2) is 0 Å². The quantitative estimate of drug-likeness (QED) is 0.323. The highest BCUT2D eigenvalue weighted by atomic mass is 14.3. The van der Waals surface area contributed by atoms with Crippen molar-refractivity contribution in [1.82, 2.24) is 0 Å². The number of rotatable bonds is 12. The number of hydrogen-bond acceptors (Lipinski definition) is 0. The highest BCUT2D eigenvalue weighted by molar-refractivity contribution is 4.77. The molecule has 0 aromatic rings. The van der Waals surface area contributed by atoms with Crippen LogP contribution < -0.4 is 0 Å². The average Bonchev–Trinajstić information content (AvgIpc) is 2.50. The Bertz CT molecular complexity index is 212. The van der Waals surface area contributed by atoms with Gasteiger partial charge in [-0.15, -0.1) is 0 Å². The first-order valence-electron chi connectivity index (χ1n) is 10.3. The van der Waals surface area contributed by atoms with Gasteiger partial charge in [0.1, 0.15) is 0 Å². The first-order valence-corrected chi connectivity index (χ1v) is 10.3. The summed E-state index contributed by atoms with van der Waals surface area (Å²) in [5.41, 5.74) is 0. The third-order valence-electron chi connectivity index (χ3n) is 5.83. The Labute approximate surface area is 135 Å². The van der Waals surface area contributed by atoms with Gasteiger partial charge in [-0.3, -0.25) is 0 Å². The molecule has 0 amide bonds. The minimum Gasteiger partial charge on any atom is -0.0654 e. The summed E-state index contributed by atoms with van der Waals surface area (Å²) in [4.78, 5) is 0. The summed E-state index contributed by atoms with van der Waals surface area (Å²) in [6.07, 6.45) is 22.2. The van der Waals surface area contributed by atoms with Crippen molar-refractivity contribution in [3.05, 3.63) is 0 Å². The van der Waals surface area contributed by atoms with E-state index in [1.165, 1.54) is 96.3 Å². The van der Waals surface area contributed by atoms with Gasteiger partial charge in [0.25, 0.3) is 0 Å². The molecule has 1 atom stereocenters. The average molecular weight is 295 g/mol. The van der Waals surface area contributed by atoms with Gasteiger partial charge >= 0.3 is 0 Å². The molecular weight excluding hydrogens is 252 g/mol. The predicted octanol–water partition coefficient (Wildman–Crippen LogP) is 7.76. The van der Waals surface area contributed by atoms with Crippen molar-refractivity contribution >= 4 is 0 Å². The van der Waals surface area contributed by atoms with Gasteiger partial charge in [-0.1, -0.05) is 104 Å². The van der Waals surface area contributed by atoms with Gasteiger partial charge in [-0.05, 0) is 30.6 Å². The maximum absolute atomic E-state index is 2.46. The van der Waals surface area contributed by atoms with Gasteiger partial charge in [-0.2, -0.15) is 0 Å². The number of hydrogen-bond donors (Lipinski definition) is 0. The smallest absolute Gasteiger partial charge is 0.0386 e. The second kappa shape index (κ2) is 12.5. The molecule has 0 N–H and O–H groups in total. The molecule has 0 spiro atoms. The van der Waals surface area contributed by atoms with Crippen LogP contribution in [-0.2, 0) is 0 Å². The maximum Gasteiger partial charge on any atom is -0.0386 e. The molecule has 1 aliphatic rings. The fraction of sp³-hybridized carbons (Fsp3) is 1.00. The van der Waals surface area contributed by atoms with Crippen molar-refractivity contribution in [2.75, 3.05) is 0 Å². The van der Waals surface area contributed by atoms with Gasteiger partial charge in [0.05, 0.1) is 0 Å². The van der Waals surface area contributed by atoms with E-state index >= 15 is 0 Å². The van der Waals surface area contributed by atoms with E-state index in [-0.39, 0.29) is 0 Å². The summed E-state index contributed by atoms with van der Waals surface area (Å²) in [6.45, 7) is 7.10. The molecule has 0 radical (unpaired) electrons. The molecule has 1 fully saturated rings. The zero-order valence-electron chi connectivity index (χ0n) is 15.3. The lowest BCUT2D eigenvalue weighted by atomic mass is 9.73. The molecule has 1 unspecified atom stereocenters. The van der Waals surface area contributed by atoms with E-state index in [0.717, 1.165) is 17.8 Å². The molecule has 1 saturated carbocycles. The van der Waals surface area contributed by atoms with Crippen LogP contribution >= 0.6 is 0 Å². The van der Waals surface area contributed by atoms with Gasteiger partial charge in [0, 0.05) is 0 Å². The normalized spacial score (nSPS) is 24.1. The van der Waals surface area contributed by atoms with E-state index in [9.17, 15) is 0 Å². The van der Waals surface area contributed by atoms with Gasteiger partial charge in [-0.25, -0.2) is 0 Å². The molecule has 21 heavy (non-hydrogen) atoms. The monoisotopic (exact) mass is 294 g/mol. The molecule has 0 aromatic heterocycles. The van der Waals surface area contributed by atoms with Crippen LogP contribution in [0.4, 0.5) is 0 Å². The van der Waals surface area contributed by atoms with Crippen molar-refractivity contribution in [3.8, 4) is 0 Å². The summed E-state index contributed by atoms with van der Waals surface area (Å²) in [6, 6.07) is 0. The van der Waals surface area contributed by atoms with Crippen LogP contribution in [0.15, 0.2) is 0 Å². The second-order valence-corrected chi connectivity index (χ2v) is 7.83. The minimum absolute atomic E-state index is 1.01. The fourth-order valence-corrected chi connectivity index (χ4v) is 4.22. The Hall–Kier alpha value is 0. The molecule has 1 aliphatic carbocycles. The predicted molar refractivity (Wildman–Crippen MR) is 96.7 cm³/mol. The topological polar surface area (TPSA) is 0 Å². The first-order chi connectivity index (χ1) is 10.3. The van der Waals surface area contributed by atoms with Crippen LogP contribution in [0.2, 0.25) is 0 Å². The van der Waals surface area contributed by atoms with Crippen LogP contribution in [0, 0.1) is 17.8 Å². The van der Waals surface area contributed by atoms with Gasteiger partial charge in [0.15, 0.2) is 0 Å². The van der Waals surface area contributed by atoms with E-state index in [1.54, 1.807) is 0 Å². The standard InChI is InChI=1S/C21H42/c1-4-6-8-10-12-14-20(13-11-9-7-5-2)21-17-15-19(3)16-18-21/h19-21H,4-18H2,1-3H3. The lowest BCUT2D eigenvalue weighted by Crippen LogP contribution is -2.21. The van der Waals surface area contributed by atoms with Crippen LogP contribution in [0.25, 0.3) is 0 Å². The zero-order chi connectivity index (χ0) is 15.3. The zero-order valence-corrected chi connectivity index (χ0v) is 15.3. The van der Waals surface area contributed by atoms with E-state index in [4.69, 9.17) is 0 Å². The highest BCUT2D eigenvalue weighted by Gasteiger charge is 2.25. The molecule has 0 nitrogen and oxygen atoms in total. The Balaban J connectivity index is 2.27. The van der Waals surface area contributed by atoms with Crippen LogP contribution in [0.5, 0.6) is 0 Å². The molecule has 0 heteroatoms. The molecule has 0 bridgehead atoms. The summed E-state index contributed by atoms with van der Waals surface area (Å²) in [5.74, 6) is 3.15. The summed E-state index contributed by atoms with van der Waals surface area (Å²) in [7, 11) is 0. The van der Waals surface area contributed by atoms with Crippen molar-refractivity contribution < 1.29 is 0 Å². The van der Waals surface area contributed by atoms with Crippen molar-refractivity contribution in [1.29, 1.82) is 0 Å². The van der Waals surface area contributed by atoms with Crippen LogP contribution in [0.1, 0.15) is 117 Å². The minimum atomic E-state index is 1.01.